The van der Waals surface area contributed by atoms with Gasteiger partial charge >= 0.3 is 30.3 Å². The topological polar surface area (TPSA) is 107 Å². The van der Waals surface area contributed by atoms with Gasteiger partial charge in [0.05, 0.1) is 5.41 Å². The van der Waals surface area contributed by atoms with Crippen LogP contribution in [0.15, 0.2) is 0 Å². The summed E-state index contributed by atoms with van der Waals surface area (Å²) in [5, 5.41) is 0. The SMILES string of the molecule is CCC(C)(C)C(=O)OC1C(=O)OC2C3OC(C)(CCCC(=O)OC(C(F)(F)F)C(F)(F)F)OC3OC12. The van der Waals surface area contributed by atoms with Crippen LogP contribution in [-0.2, 0) is 42.8 Å². The van der Waals surface area contributed by atoms with Crippen LogP contribution in [0.3, 0.4) is 0 Å². The highest BCUT2D eigenvalue weighted by molar-refractivity contribution is 5.84. The Hall–Kier alpha value is -2.13. The molecule has 0 aromatic heterocycles. The number of alkyl halides is 6. The Morgan fingerprint density at radius 3 is 2.19 bits per heavy atom. The molecule has 206 valence electrons. The van der Waals surface area contributed by atoms with Crippen LogP contribution in [0, 0.1) is 5.41 Å². The number of hydrogen-bond donors (Lipinski definition) is 0. The number of halogens is 6. The summed E-state index contributed by atoms with van der Waals surface area (Å²) in [6.07, 6.45) is -21.8. The van der Waals surface area contributed by atoms with Crippen molar-refractivity contribution in [1.82, 2.24) is 0 Å². The van der Waals surface area contributed by atoms with E-state index in [1.807, 2.05) is 0 Å². The van der Waals surface area contributed by atoms with Crippen molar-refractivity contribution in [1.29, 1.82) is 0 Å². The van der Waals surface area contributed by atoms with Crippen LogP contribution >= 0.6 is 0 Å². The van der Waals surface area contributed by atoms with Crippen LogP contribution in [-0.4, -0.2) is 72.9 Å². The Balaban J connectivity index is 1.52. The van der Waals surface area contributed by atoms with Gasteiger partial charge in [0.2, 0.25) is 6.10 Å². The summed E-state index contributed by atoms with van der Waals surface area (Å²) in [7, 11) is 0. The summed E-state index contributed by atoms with van der Waals surface area (Å²) < 4.78 is 106. The van der Waals surface area contributed by atoms with Crippen molar-refractivity contribution in [3.8, 4) is 0 Å². The van der Waals surface area contributed by atoms with Crippen LogP contribution in [0.2, 0.25) is 0 Å². The summed E-state index contributed by atoms with van der Waals surface area (Å²) in [5.74, 6) is -4.59. The highest BCUT2D eigenvalue weighted by Gasteiger charge is 2.65. The van der Waals surface area contributed by atoms with Crippen molar-refractivity contribution in [2.24, 2.45) is 5.41 Å². The highest BCUT2D eigenvalue weighted by atomic mass is 19.4. The zero-order chi connectivity index (χ0) is 27.3. The van der Waals surface area contributed by atoms with Crippen LogP contribution in [0.25, 0.3) is 0 Å². The molecule has 9 nitrogen and oxygen atoms in total. The zero-order valence-electron chi connectivity index (χ0n) is 19.7. The van der Waals surface area contributed by atoms with Gasteiger partial charge < -0.3 is 28.4 Å². The van der Waals surface area contributed by atoms with E-state index in [9.17, 15) is 40.7 Å². The minimum Gasteiger partial charge on any atom is -0.454 e. The first-order valence-corrected chi connectivity index (χ1v) is 11.1. The molecule has 3 saturated heterocycles. The third-order valence-electron chi connectivity index (χ3n) is 6.27. The minimum atomic E-state index is -5.81. The van der Waals surface area contributed by atoms with Crippen LogP contribution in [0.5, 0.6) is 0 Å². The fraction of sp³-hybridized carbons (Fsp3) is 0.857. The van der Waals surface area contributed by atoms with Crippen molar-refractivity contribution in [2.75, 3.05) is 0 Å². The number of carbonyl (C=O) groups excluding carboxylic acids is 3. The van der Waals surface area contributed by atoms with Crippen molar-refractivity contribution >= 4 is 17.9 Å². The largest absolute Gasteiger partial charge is 0.454 e. The Kier molecular flexibility index (Phi) is 7.61. The summed E-state index contributed by atoms with van der Waals surface area (Å²) in [6.45, 7) is 6.50. The lowest BCUT2D eigenvalue weighted by molar-refractivity contribution is -0.313. The van der Waals surface area contributed by atoms with Crippen molar-refractivity contribution in [3.05, 3.63) is 0 Å². The van der Waals surface area contributed by atoms with Gasteiger partial charge in [-0.3, -0.25) is 9.59 Å². The Labute approximate surface area is 201 Å². The van der Waals surface area contributed by atoms with Gasteiger partial charge in [-0.05, 0) is 33.6 Å². The van der Waals surface area contributed by atoms with Gasteiger partial charge in [-0.25, -0.2) is 4.79 Å². The summed E-state index contributed by atoms with van der Waals surface area (Å²) in [6, 6.07) is 0. The molecule has 0 N–H and O–H groups in total. The molecule has 0 aromatic rings. The molecule has 36 heavy (non-hydrogen) atoms. The average Bonchev–Trinajstić information content (AvgIpc) is 3.32. The monoisotopic (exact) mass is 536 g/mol. The van der Waals surface area contributed by atoms with Gasteiger partial charge in [-0.15, -0.1) is 0 Å². The van der Waals surface area contributed by atoms with E-state index in [0.29, 0.717) is 6.42 Å². The second-order valence-corrected chi connectivity index (χ2v) is 9.57. The molecule has 3 aliphatic rings. The predicted molar refractivity (Wildman–Crippen MR) is 103 cm³/mol. The lowest BCUT2D eigenvalue weighted by Crippen LogP contribution is -2.45. The van der Waals surface area contributed by atoms with E-state index in [0.717, 1.165) is 0 Å². The molecule has 3 fully saturated rings. The molecule has 0 radical (unpaired) electrons. The molecule has 6 atom stereocenters. The minimum absolute atomic E-state index is 0.129. The molecule has 3 heterocycles. The van der Waals surface area contributed by atoms with Crippen LogP contribution in [0.1, 0.15) is 53.4 Å². The number of hydrogen-bond acceptors (Lipinski definition) is 9. The Bertz CT molecular complexity index is 859. The lowest BCUT2D eigenvalue weighted by atomic mass is 9.90. The standard InChI is InChI=1S/C21H26F6O9/c1-5-18(2,3)17(30)34-12-10-11(32-14(12)29)13-15(33-10)36-19(4,35-13)8-6-7-9(28)31-16(20(22,23)24)21(25,26)27/h10-13,15-16H,5-8H2,1-4H3. The third-order valence-corrected chi connectivity index (χ3v) is 6.27. The van der Waals surface area contributed by atoms with Gasteiger partial charge in [0.15, 0.2) is 24.3 Å². The third kappa shape index (κ3) is 5.88. The van der Waals surface area contributed by atoms with Gasteiger partial charge in [-0.2, -0.15) is 26.3 Å². The van der Waals surface area contributed by atoms with E-state index >= 15 is 0 Å². The second kappa shape index (κ2) is 9.63. The van der Waals surface area contributed by atoms with E-state index < -0.39 is 84.7 Å². The normalized spacial score (nSPS) is 32.3. The molecule has 0 amide bonds. The maximum atomic E-state index is 12.5. The molecular formula is C21H26F6O9. The zero-order valence-corrected chi connectivity index (χ0v) is 19.7. The van der Waals surface area contributed by atoms with E-state index in [2.05, 4.69) is 4.74 Å². The van der Waals surface area contributed by atoms with E-state index in [4.69, 9.17) is 23.7 Å². The molecule has 6 unspecified atom stereocenters. The quantitative estimate of drug-likeness (QED) is 0.262. The van der Waals surface area contributed by atoms with Gasteiger partial charge in [0.25, 0.3) is 6.10 Å². The van der Waals surface area contributed by atoms with Crippen LogP contribution < -0.4 is 0 Å². The maximum Gasteiger partial charge on any atom is 0.434 e. The average molecular weight is 536 g/mol. The molecule has 3 rings (SSSR count). The smallest absolute Gasteiger partial charge is 0.434 e. The second-order valence-electron chi connectivity index (χ2n) is 9.57. The molecule has 0 aliphatic carbocycles. The summed E-state index contributed by atoms with van der Waals surface area (Å²) in [4.78, 5) is 36.2. The number of fused-ring (bicyclic) bond motifs is 3. The molecule has 15 heteroatoms. The number of carbonyl (C=O) groups is 3. The van der Waals surface area contributed by atoms with Crippen molar-refractivity contribution < 1.29 is 69.1 Å². The molecule has 0 aromatic carbocycles. The van der Waals surface area contributed by atoms with E-state index in [1.165, 1.54) is 6.92 Å². The van der Waals surface area contributed by atoms with Crippen LogP contribution in [0.4, 0.5) is 26.3 Å². The fourth-order valence-corrected chi connectivity index (χ4v) is 3.86. The molecule has 0 bridgehead atoms. The number of ether oxygens (including phenoxy) is 6. The van der Waals surface area contributed by atoms with E-state index in [-0.39, 0.29) is 12.8 Å². The van der Waals surface area contributed by atoms with Crippen molar-refractivity contribution in [3.63, 3.8) is 0 Å². The Morgan fingerprint density at radius 2 is 1.64 bits per heavy atom. The molecule has 0 saturated carbocycles. The predicted octanol–water partition coefficient (Wildman–Crippen LogP) is 3.32. The first-order valence-electron chi connectivity index (χ1n) is 11.1. The molecule has 3 aliphatic heterocycles. The fourth-order valence-electron chi connectivity index (χ4n) is 3.86. The van der Waals surface area contributed by atoms with E-state index in [1.54, 1.807) is 20.8 Å². The first kappa shape index (κ1) is 28.4. The Morgan fingerprint density at radius 1 is 1.03 bits per heavy atom. The number of esters is 3. The number of rotatable bonds is 8. The van der Waals surface area contributed by atoms with Gasteiger partial charge in [0.1, 0.15) is 6.10 Å². The maximum absolute atomic E-state index is 12.5. The summed E-state index contributed by atoms with van der Waals surface area (Å²) in [5.41, 5.74) is -0.847. The molecule has 0 spiro atoms. The van der Waals surface area contributed by atoms with Gasteiger partial charge in [-0.1, -0.05) is 6.92 Å². The summed E-state index contributed by atoms with van der Waals surface area (Å²) >= 11 is 0. The molecular weight excluding hydrogens is 510 g/mol. The lowest BCUT2D eigenvalue weighted by Gasteiger charge is -2.27. The highest BCUT2D eigenvalue weighted by Crippen LogP contribution is 2.45. The van der Waals surface area contributed by atoms with Crippen molar-refractivity contribution in [2.45, 2.75) is 108 Å². The first-order chi connectivity index (χ1) is 16.4. The van der Waals surface area contributed by atoms with Gasteiger partial charge in [0, 0.05) is 12.8 Å².